The molecule has 6 aromatic rings. The first-order valence-electron chi connectivity index (χ1n) is 13.0. The maximum absolute atomic E-state index is 6.22. The maximum Gasteiger partial charge on any atom is 0.257 e. The van der Waals surface area contributed by atoms with Gasteiger partial charge in [0.25, 0.3) is 10.4 Å². The van der Waals surface area contributed by atoms with Crippen LogP contribution in [-0.4, -0.2) is 21.5 Å². The Bertz CT molecular complexity index is 1440. The van der Waals surface area contributed by atoms with Crippen molar-refractivity contribution in [2.75, 3.05) is 11.5 Å². The fourth-order valence-corrected chi connectivity index (χ4v) is 5.60. The summed E-state index contributed by atoms with van der Waals surface area (Å²) >= 11 is 3.16. The number of benzene rings is 4. The van der Waals surface area contributed by atoms with Crippen LogP contribution in [0, 0.1) is 0 Å². The zero-order chi connectivity index (χ0) is 27.0. The molecule has 6 heteroatoms. The molecule has 0 amide bonds. The van der Waals surface area contributed by atoms with Crippen molar-refractivity contribution < 1.29 is 8.83 Å². The van der Waals surface area contributed by atoms with Crippen molar-refractivity contribution in [3.63, 3.8) is 0 Å². The normalized spacial score (nSPS) is 11.3. The highest BCUT2D eigenvalue weighted by atomic mass is 32.2. The lowest BCUT2D eigenvalue weighted by Gasteiger charge is -2.00. The Morgan fingerprint density at radius 1 is 0.450 bits per heavy atom. The van der Waals surface area contributed by atoms with Crippen LogP contribution >= 0.6 is 23.5 Å². The quantitative estimate of drug-likeness (QED) is 0.123. The van der Waals surface area contributed by atoms with E-state index in [-0.39, 0.29) is 0 Å². The fourth-order valence-electron chi connectivity index (χ4n) is 4.25. The third-order valence-electron chi connectivity index (χ3n) is 6.15. The van der Waals surface area contributed by atoms with E-state index in [1.807, 2.05) is 97.1 Å². The Morgan fingerprint density at radius 3 is 1.12 bits per heavy atom. The number of aromatic nitrogens is 2. The van der Waals surface area contributed by atoms with E-state index in [1.54, 1.807) is 23.5 Å². The molecule has 196 valence electrons. The van der Waals surface area contributed by atoms with Crippen LogP contribution in [0.25, 0.3) is 45.2 Å². The van der Waals surface area contributed by atoms with E-state index in [2.05, 4.69) is 36.4 Å². The van der Waals surface area contributed by atoms with Gasteiger partial charge in [-0.3, -0.25) is 0 Å². The van der Waals surface area contributed by atoms with E-state index in [4.69, 9.17) is 18.8 Å². The fraction of sp³-hybridized carbons (Fsp3) is 0.0588. The topological polar surface area (TPSA) is 52.1 Å². The molecule has 0 saturated heterocycles. The largest absolute Gasteiger partial charge is 0.431 e. The van der Waals surface area contributed by atoms with Crippen molar-refractivity contribution >= 4 is 23.5 Å². The Labute approximate surface area is 242 Å². The van der Waals surface area contributed by atoms with E-state index < -0.39 is 0 Å². The van der Waals surface area contributed by atoms with Gasteiger partial charge in [-0.1, -0.05) is 157 Å². The zero-order valence-electron chi connectivity index (χ0n) is 21.6. The van der Waals surface area contributed by atoms with Gasteiger partial charge in [0.15, 0.2) is 11.5 Å². The van der Waals surface area contributed by atoms with Crippen LogP contribution in [0.4, 0.5) is 0 Å². The molecule has 2 aromatic heterocycles. The van der Waals surface area contributed by atoms with Gasteiger partial charge >= 0.3 is 0 Å². The van der Waals surface area contributed by atoms with E-state index in [0.717, 1.165) is 56.7 Å². The van der Waals surface area contributed by atoms with Gasteiger partial charge in [-0.2, -0.15) is 0 Å². The monoisotopic (exact) mass is 558 g/mol. The number of thioether (sulfide) groups is 2. The molecule has 0 aliphatic heterocycles. The van der Waals surface area contributed by atoms with Crippen LogP contribution in [-0.2, 0) is 0 Å². The highest BCUT2D eigenvalue weighted by Crippen LogP contribution is 2.37. The lowest BCUT2D eigenvalue weighted by Crippen LogP contribution is -1.82. The van der Waals surface area contributed by atoms with Gasteiger partial charge in [0, 0.05) is 33.8 Å². The number of nitrogens with zero attached hydrogens (tertiary/aromatic N) is 2. The molecule has 4 nitrogen and oxygen atoms in total. The number of oxazole rings is 2. The zero-order valence-corrected chi connectivity index (χ0v) is 23.3. The van der Waals surface area contributed by atoms with E-state index in [9.17, 15) is 0 Å². The van der Waals surface area contributed by atoms with Crippen molar-refractivity contribution in [2.45, 2.75) is 10.4 Å². The molecule has 40 heavy (non-hydrogen) atoms. The molecule has 0 aliphatic rings. The summed E-state index contributed by atoms with van der Waals surface area (Å²) in [6, 6.07) is 40.6. The smallest absolute Gasteiger partial charge is 0.257 e. The summed E-state index contributed by atoms with van der Waals surface area (Å²) in [7, 11) is 0. The average Bonchev–Trinajstić information content (AvgIpc) is 3.66. The first kappa shape index (κ1) is 26.0. The third-order valence-corrected chi connectivity index (χ3v) is 7.72. The predicted octanol–water partition coefficient (Wildman–Crippen LogP) is 9.77. The van der Waals surface area contributed by atoms with Crippen LogP contribution in [0.3, 0.4) is 0 Å². The molecule has 0 bridgehead atoms. The van der Waals surface area contributed by atoms with Gasteiger partial charge in [-0.15, -0.1) is 0 Å². The van der Waals surface area contributed by atoms with Gasteiger partial charge in [-0.05, 0) is 0 Å². The van der Waals surface area contributed by atoms with Crippen LogP contribution < -0.4 is 0 Å². The maximum atomic E-state index is 6.22. The standard InChI is InChI=1S/C34H26N2O2S2/c1-5-15-25(16-6-1)29-31(27-19-9-3-10-20-27)37-33(35-29)39-23-13-14-24-40-34-36-30(26-17-7-2-8-18-26)32(38-34)28-21-11-4-12-22-28/h1-22H,23-24H2/b14-13+. The highest BCUT2D eigenvalue weighted by molar-refractivity contribution is 7.99. The Balaban J connectivity index is 1.12. The first-order valence-corrected chi connectivity index (χ1v) is 15.0. The van der Waals surface area contributed by atoms with Crippen molar-refractivity contribution in [3.8, 4) is 45.2 Å². The summed E-state index contributed by atoms with van der Waals surface area (Å²) < 4.78 is 12.4. The minimum atomic E-state index is 0.655. The minimum Gasteiger partial charge on any atom is -0.431 e. The Kier molecular flexibility index (Phi) is 8.27. The van der Waals surface area contributed by atoms with Gasteiger partial charge in [0.05, 0.1) is 0 Å². The SMILES string of the molecule is C(=C\CSc1nc(-c2ccccc2)c(-c2ccccc2)o1)/CSc1nc(-c2ccccc2)c(-c2ccccc2)o1. The number of hydrogen-bond acceptors (Lipinski definition) is 6. The summed E-state index contributed by atoms with van der Waals surface area (Å²) in [5.41, 5.74) is 5.84. The lowest BCUT2D eigenvalue weighted by atomic mass is 10.1. The molecule has 0 unspecified atom stereocenters. The second-order valence-electron chi connectivity index (χ2n) is 8.87. The van der Waals surface area contributed by atoms with E-state index >= 15 is 0 Å². The molecule has 4 aromatic carbocycles. The summed E-state index contributed by atoms with van der Waals surface area (Å²) in [5, 5.41) is 1.31. The molecule has 0 atom stereocenters. The molecule has 0 aliphatic carbocycles. The number of rotatable bonds is 10. The molecule has 0 radical (unpaired) electrons. The highest BCUT2D eigenvalue weighted by Gasteiger charge is 2.18. The molecule has 6 rings (SSSR count). The van der Waals surface area contributed by atoms with Crippen LogP contribution in [0.2, 0.25) is 0 Å². The van der Waals surface area contributed by atoms with E-state index in [0.29, 0.717) is 10.4 Å². The number of hydrogen-bond donors (Lipinski definition) is 0. The van der Waals surface area contributed by atoms with E-state index in [1.165, 1.54) is 0 Å². The molecule has 0 fully saturated rings. The summed E-state index contributed by atoms with van der Waals surface area (Å²) in [5.74, 6) is 3.08. The lowest BCUT2D eigenvalue weighted by molar-refractivity contribution is 0.466. The molecular weight excluding hydrogens is 533 g/mol. The van der Waals surface area contributed by atoms with Crippen LogP contribution in [0.5, 0.6) is 0 Å². The first-order chi connectivity index (χ1) is 19.8. The van der Waals surface area contributed by atoms with Gasteiger partial charge in [-0.25, -0.2) is 9.97 Å². The summed E-state index contributed by atoms with van der Waals surface area (Å²) in [4.78, 5) is 9.65. The second kappa shape index (κ2) is 12.7. The predicted molar refractivity (Wildman–Crippen MR) is 165 cm³/mol. The second-order valence-corrected chi connectivity index (χ2v) is 10.8. The van der Waals surface area contributed by atoms with Crippen molar-refractivity contribution in [1.29, 1.82) is 0 Å². The molecular formula is C34H26N2O2S2. The van der Waals surface area contributed by atoms with Crippen LogP contribution in [0.1, 0.15) is 0 Å². The van der Waals surface area contributed by atoms with Gasteiger partial charge in [0.1, 0.15) is 11.4 Å². The minimum absolute atomic E-state index is 0.655. The molecule has 0 spiro atoms. The van der Waals surface area contributed by atoms with Crippen molar-refractivity contribution in [3.05, 3.63) is 133 Å². The molecule has 0 N–H and O–H groups in total. The van der Waals surface area contributed by atoms with Crippen molar-refractivity contribution in [1.82, 2.24) is 9.97 Å². The summed E-state index contributed by atoms with van der Waals surface area (Å²) in [6.45, 7) is 0. The van der Waals surface area contributed by atoms with Gasteiger partial charge < -0.3 is 8.83 Å². The van der Waals surface area contributed by atoms with Crippen molar-refractivity contribution in [2.24, 2.45) is 0 Å². The van der Waals surface area contributed by atoms with Gasteiger partial charge in [0.2, 0.25) is 0 Å². The van der Waals surface area contributed by atoms with Crippen LogP contribution in [0.15, 0.2) is 153 Å². The summed E-state index contributed by atoms with van der Waals surface area (Å²) in [6.07, 6.45) is 4.26. The molecule has 0 saturated carbocycles. The molecule has 2 heterocycles. The Morgan fingerprint density at radius 2 is 0.775 bits per heavy atom. The average molecular weight is 559 g/mol. The Hall–Kier alpha value is -4.26. The third kappa shape index (κ3) is 6.14.